The van der Waals surface area contributed by atoms with Crippen LogP contribution in [-0.2, 0) is 14.2 Å². The number of hydrogen-bond donors (Lipinski definition) is 6. The van der Waals surface area contributed by atoms with Crippen LogP contribution >= 0.6 is 0 Å². The van der Waals surface area contributed by atoms with Gasteiger partial charge >= 0.3 is 0 Å². The molecule has 3 rings (SSSR count). The van der Waals surface area contributed by atoms with Crippen LogP contribution in [0.15, 0.2) is 24.3 Å². The summed E-state index contributed by atoms with van der Waals surface area (Å²) >= 11 is 0. The largest absolute Gasteiger partial charge is 0.462 e. The average molecular weight is 447 g/mol. The first-order chi connectivity index (χ1) is 14.6. The van der Waals surface area contributed by atoms with Crippen molar-refractivity contribution < 1.29 is 54.5 Å². The van der Waals surface area contributed by atoms with E-state index < -0.39 is 72.9 Å². The van der Waals surface area contributed by atoms with Crippen molar-refractivity contribution >= 4 is 5.69 Å². The van der Waals surface area contributed by atoms with Crippen LogP contribution in [0.3, 0.4) is 0 Å². The van der Waals surface area contributed by atoms with E-state index in [1.165, 1.54) is 31.2 Å². The second-order valence-corrected chi connectivity index (χ2v) is 7.36. The van der Waals surface area contributed by atoms with Gasteiger partial charge in [0.05, 0.1) is 17.6 Å². The first-order valence-corrected chi connectivity index (χ1v) is 9.52. The summed E-state index contributed by atoms with van der Waals surface area (Å²) in [5.41, 5.74) is -0.186. The molecule has 1 aromatic carbocycles. The number of rotatable bonds is 6. The van der Waals surface area contributed by atoms with Crippen molar-refractivity contribution in [1.82, 2.24) is 0 Å². The smallest absolute Gasteiger partial charge is 0.269 e. The molecule has 31 heavy (non-hydrogen) atoms. The lowest BCUT2D eigenvalue weighted by Gasteiger charge is -2.45. The van der Waals surface area contributed by atoms with E-state index in [1.807, 2.05) is 0 Å². The van der Waals surface area contributed by atoms with Crippen LogP contribution in [0.25, 0.3) is 0 Å². The van der Waals surface area contributed by atoms with E-state index in [4.69, 9.17) is 18.9 Å². The van der Waals surface area contributed by atoms with E-state index in [0.29, 0.717) is 0 Å². The van der Waals surface area contributed by atoms with Crippen molar-refractivity contribution in [1.29, 1.82) is 0 Å². The van der Waals surface area contributed by atoms with Crippen LogP contribution in [0.5, 0.6) is 5.75 Å². The molecule has 0 spiro atoms. The third-order valence-electron chi connectivity index (χ3n) is 5.22. The molecule has 2 fully saturated rings. The van der Waals surface area contributed by atoms with Gasteiger partial charge in [-0.25, -0.2) is 0 Å². The Hall–Kier alpha value is -1.94. The minimum Gasteiger partial charge on any atom is -0.462 e. The topological polar surface area (TPSA) is 201 Å². The van der Waals surface area contributed by atoms with Crippen molar-refractivity contribution in [2.24, 2.45) is 0 Å². The van der Waals surface area contributed by atoms with Crippen molar-refractivity contribution in [2.75, 3.05) is 6.61 Å². The molecule has 0 unspecified atom stereocenters. The molecule has 2 saturated heterocycles. The van der Waals surface area contributed by atoms with Gasteiger partial charge in [-0.2, -0.15) is 0 Å². The fourth-order valence-corrected chi connectivity index (χ4v) is 3.36. The predicted octanol–water partition coefficient (Wildman–Crippen LogP) is -2.37. The maximum atomic E-state index is 10.8. The normalized spacial score (nSPS) is 41.0. The van der Waals surface area contributed by atoms with Gasteiger partial charge in [0.2, 0.25) is 6.29 Å². The molecule has 13 heteroatoms. The van der Waals surface area contributed by atoms with E-state index >= 15 is 0 Å². The molecule has 0 amide bonds. The molecule has 0 radical (unpaired) electrons. The van der Waals surface area contributed by atoms with Gasteiger partial charge in [0.15, 0.2) is 12.4 Å². The second kappa shape index (κ2) is 9.68. The number of ether oxygens (including phenoxy) is 4. The second-order valence-electron chi connectivity index (χ2n) is 7.36. The average Bonchev–Trinajstić information content (AvgIpc) is 2.75. The number of aliphatic hydroxyl groups excluding tert-OH is 6. The van der Waals surface area contributed by atoms with Crippen LogP contribution in [-0.4, -0.2) is 104 Å². The Morgan fingerprint density at radius 3 is 2.16 bits per heavy atom. The molecule has 6 N–H and O–H groups in total. The van der Waals surface area contributed by atoms with Crippen molar-refractivity contribution in [2.45, 2.75) is 68.3 Å². The minimum absolute atomic E-state index is 0.0958. The van der Waals surface area contributed by atoms with Crippen LogP contribution in [0.4, 0.5) is 5.69 Å². The first-order valence-electron chi connectivity index (χ1n) is 9.52. The Kier molecular flexibility index (Phi) is 7.41. The maximum absolute atomic E-state index is 10.8. The van der Waals surface area contributed by atoms with Crippen LogP contribution in [0.1, 0.15) is 6.92 Å². The fraction of sp³-hybridized carbons (Fsp3) is 0.667. The van der Waals surface area contributed by atoms with Gasteiger partial charge < -0.3 is 49.6 Å². The molecule has 13 nitrogen and oxygen atoms in total. The van der Waals surface area contributed by atoms with Gasteiger partial charge in [-0.15, -0.1) is 0 Å². The molecular weight excluding hydrogens is 422 g/mol. The van der Waals surface area contributed by atoms with Crippen LogP contribution in [0.2, 0.25) is 0 Å². The van der Waals surface area contributed by atoms with E-state index in [9.17, 15) is 40.8 Å². The highest BCUT2D eigenvalue weighted by molar-refractivity contribution is 5.36. The molecular formula is C18H25NO12. The molecule has 2 aliphatic rings. The Balaban J connectivity index is 1.81. The van der Waals surface area contributed by atoms with Gasteiger partial charge in [-0.05, 0) is 19.1 Å². The number of hydrogen-bond acceptors (Lipinski definition) is 12. The zero-order valence-electron chi connectivity index (χ0n) is 16.4. The molecule has 174 valence electrons. The summed E-state index contributed by atoms with van der Waals surface area (Å²) in [6.45, 7) is 0.779. The number of nitro groups is 1. The standard InChI is InChI=1S/C18H25NO12/c1-7-11(21)13(23)15(25)17(28-7)31-16-14(24)12(22)10(6-20)30-18(16)29-9-4-2-8(3-5-9)19(26)27/h2-5,7,10-18,20-25H,6H2,1H3/t7-,10+,11+,12-,13+,14-,15-,16+,17+,18+/m0/s1. The molecule has 0 aromatic heterocycles. The summed E-state index contributed by atoms with van der Waals surface area (Å²) in [6, 6.07) is 4.91. The lowest BCUT2D eigenvalue weighted by atomic mass is 9.97. The maximum Gasteiger partial charge on any atom is 0.269 e. The number of nitro benzene ring substituents is 1. The highest BCUT2D eigenvalue weighted by atomic mass is 16.8. The third kappa shape index (κ3) is 4.95. The molecule has 2 heterocycles. The van der Waals surface area contributed by atoms with Gasteiger partial charge in [0.25, 0.3) is 5.69 Å². The molecule has 0 aliphatic carbocycles. The van der Waals surface area contributed by atoms with Gasteiger partial charge in [-0.1, -0.05) is 0 Å². The molecule has 1 aromatic rings. The summed E-state index contributed by atoms with van der Waals surface area (Å²) in [5, 5.41) is 70.9. The number of benzene rings is 1. The summed E-state index contributed by atoms with van der Waals surface area (Å²) in [6.07, 6.45) is -14.5. The minimum atomic E-state index is -1.69. The molecule has 0 bridgehead atoms. The Labute approximate surface area is 176 Å². The number of non-ortho nitro benzene ring substituents is 1. The lowest BCUT2D eigenvalue weighted by molar-refractivity contribution is -0.384. The highest BCUT2D eigenvalue weighted by Crippen LogP contribution is 2.31. The van der Waals surface area contributed by atoms with Gasteiger partial charge in [-0.3, -0.25) is 10.1 Å². The summed E-state index contributed by atoms with van der Waals surface area (Å²) in [7, 11) is 0. The van der Waals surface area contributed by atoms with Crippen molar-refractivity contribution in [3.05, 3.63) is 34.4 Å². The molecule has 0 saturated carbocycles. The number of aliphatic hydroxyl groups is 6. The van der Waals surface area contributed by atoms with Crippen LogP contribution in [0, 0.1) is 10.1 Å². The number of nitrogens with zero attached hydrogens (tertiary/aromatic N) is 1. The zero-order valence-corrected chi connectivity index (χ0v) is 16.4. The molecule has 10 atom stereocenters. The summed E-state index contributed by atoms with van der Waals surface area (Å²) < 4.78 is 22.0. The predicted molar refractivity (Wildman–Crippen MR) is 98.7 cm³/mol. The van der Waals surface area contributed by atoms with E-state index in [-0.39, 0.29) is 11.4 Å². The van der Waals surface area contributed by atoms with Gasteiger partial charge in [0.1, 0.15) is 42.4 Å². The third-order valence-corrected chi connectivity index (χ3v) is 5.22. The van der Waals surface area contributed by atoms with Crippen LogP contribution < -0.4 is 4.74 Å². The summed E-state index contributed by atoms with van der Waals surface area (Å²) in [4.78, 5) is 10.2. The Morgan fingerprint density at radius 1 is 0.935 bits per heavy atom. The van der Waals surface area contributed by atoms with Crippen molar-refractivity contribution in [3.8, 4) is 5.75 Å². The van der Waals surface area contributed by atoms with E-state index in [1.54, 1.807) is 0 Å². The Morgan fingerprint density at radius 2 is 1.58 bits per heavy atom. The fourth-order valence-electron chi connectivity index (χ4n) is 3.36. The lowest BCUT2D eigenvalue weighted by Crippen LogP contribution is -2.64. The van der Waals surface area contributed by atoms with E-state index in [0.717, 1.165) is 0 Å². The zero-order chi connectivity index (χ0) is 22.9. The van der Waals surface area contributed by atoms with E-state index in [2.05, 4.69) is 0 Å². The summed E-state index contributed by atoms with van der Waals surface area (Å²) in [5.74, 6) is 0.0958. The quantitative estimate of drug-likeness (QED) is 0.200. The van der Waals surface area contributed by atoms with Gasteiger partial charge in [0, 0.05) is 12.1 Å². The molecule has 2 aliphatic heterocycles. The monoisotopic (exact) mass is 447 g/mol. The highest BCUT2D eigenvalue weighted by Gasteiger charge is 2.50. The SMILES string of the molecule is C[C@@H]1O[C@H](O[C@H]2[C@H](Oc3ccc([N+](=O)[O-])cc3)O[C@H](CO)[C@H](O)[C@@H]2O)[C@@H](O)[C@H](O)[C@@H]1O. The first kappa shape index (κ1) is 23.7. The Bertz CT molecular complexity index is 748. The van der Waals surface area contributed by atoms with Crippen molar-refractivity contribution in [3.63, 3.8) is 0 Å².